The Labute approximate surface area is 104 Å². The highest BCUT2D eigenvalue weighted by Crippen LogP contribution is 2.15. The summed E-state index contributed by atoms with van der Waals surface area (Å²) in [6.45, 7) is 0. The Morgan fingerprint density at radius 1 is 1.06 bits per heavy atom. The Morgan fingerprint density at radius 2 is 1.72 bits per heavy atom. The fraction of sp³-hybridized carbons (Fsp3) is 0.0667. The van der Waals surface area contributed by atoms with Crippen LogP contribution in [0.2, 0.25) is 0 Å². The van der Waals surface area contributed by atoms with E-state index in [1.165, 1.54) is 24.3 Å². The second-order valence-corrected chi connectivity index (χ2v) is 3.86. The molecule has 0 saturated carbocycles. The van der Waals surface area contributed by atoms with Crippen molar-refractivity contribution in [1.82, 2.24) is 0 Å². The molecule has 0 radical (unpaired) electrons. The molecule has 18 heavy (non-hydrogen) atoms. The Balaban J connectivity index is 2.39. The van der Waals surface area contributed by atoms with Gasteiger partial charge in [-0.15, -0.1) is 0 Å². The molecule has 0 unspecified atom stereocenters. The van der Waals surface area contributed by atoms with E-state index in [4.69, 9.17) is 0 Å². The predicted octanol–water partition coefficient (Wildman–Crippen LogP) is 2.80. The molecule has 2 aromatic carbocycles. The van der Waals surface area contributed by atoms with Crippen LogP contribution in [0.25, 0.3) is 0 Å². The van der Waals surface area contributed by atoms with E-state index in [-0.39, 0.29) is 18.0 Å². The van der Waals surface area contributed by atoms with Gasteiger partial charge in [-0.25, -0.2) is 4.39 Å². The van der Waals surface area contributed by atoms with Crippen LogP contribution in [-0.2, 0) is 11.2 Å². The van der Waals surface area contributed by atoms with E-state index in [0.29, 0.717) is 16.7 Å². The quantitative estimate of drug-likeness (QED) is 0.610. The van der Waals surface area contributed by atoms with Gasteiger partial charge >= 0.3 is 0 Å². The van der Waals surface area contributed by atoms with Crippen molar-refractivity contribution in [2.45, 2.75) is 6.42 Å². The van der Waals surface area contributed by atoms with E-state index in [1.807, 2.05) is 0 Å². The Bertz CT molecular complexity index is 573. The van der Waals surface area contributed by atoms with E-state index in [9.17, 15) is 14.0 Å². The molecule has 90 valence electrons. The molecule has 0 aliphatic rings. The van der Waals surface area contributed by atoms with Gasteiger partial charge in [-0.1, -0.05) is 24.3 Å². The van der Waals surface area contributed by atoms with Gasteiger partial charge in [0.1, 0.15) is 12.1 Å². The molecule has 0 fully saturated rings. The standard InChI is InChI=1S/C15H11FO2/c16-13-7-5-12(6-8-13)15(18)14-4-2-1-3-11(14)9-10-17/h1-8,10H,9H2. The number of benzene rings is 2. The number of aldehydes is 1. The van der Waals surface area contributed by atoms with Crippen molar-refractivity contribution in [3.63, 3.8) is 0 Å². The molecule has 0 aliphatic heterocycles. The minimum atomic E-state index is -0.382. The number of carbonyl (C=O) groups excluding carboxylic acids is 2. The summed E-state index contributed by atoms with van der Waals surface area (Å²) in [5.41, 5.74) is 1.58. The molecule has 0 amide bonds. The first-order valence-electron chi connectivity index (χ1n) is 5.54. The third kappa shape index (κ3) is 2.51. The number of hydrogen-bond donors (Lipinski definition) is 0. The zero-order valence-corrected chi connectivity index (χ0v) is 9.60. The number of ketones is 1. The average molecular weight is 242 g/mol. The lowest BCUT2D eigenvalue weighted by molar-refractivity contribution is -0.107. The van der Waals surface area contributed by atoms with Crippen molar-refractivity contribution in [3.8, 4) is 0 Å². The molecule has 0 N–H and O–H groups in total. The summed E-state index contributed by atoms with van der Waals surface area (Å²) in [6.07, 6.45) is 0.958. The Morgan fingerprint density at radius 3 is 2.39 bits per heavy atom. The maximum atomic E-state index is 12.8. The van der Waals surface area contributed by atoms with Crippen molar-refractivity contribution in [1.29, 1.82) is 0 Å². The second kappa shape index (κ2) is 5.36. The molecule has 0 spiro atoms. The number of halogens is 1. The summed E-state index contributed by atoms with van der Waals surface area (Å²) in [6, 6.07) is 12.3. The third-order valence-corrected chi connectivity index (χ3v) is 2.67. The van der Waals surface area contributed by atoms with E-state index in [2.05, 4.69) is 0 Å². The van der Waals surface area contributed by atoms with E-state index in [0.717, 1.165) is 6.29 Å². The first-order chi connectivity index (χ1) is 8.72. The Kier molecular flexibility index (Phi) is 3.63. The van der Waals surface area contributed by atoms with Gasteiger partial charge < -0.3 is 4.79 Å². The highest BCUT2D eigenvalue weighted by Gasteiger charge is 2.12. The summed E-state index contributed by atoms with van der Waals surface area (Å²) in [7, 11) is 0. The first-order valence-corrected chi connectivity index (χ1v) is 5.54. The molecule has 2 aromatic rings. The van der Waals surface area contributed by atoms with Crippen molar-refractivity contribution in [2.24, 2.45) is 0 Å². The first kappa shape index (κ1) is 12.2. The largest absolute Gasteiger partial charge is 0.303 e. The van der Waals surface area contributed by atoms with Crippen molar-refractivity contribution in [2.75, 3.05) is 0 Å². The van der Waals surface area contributed by atoms with Crippen LogP contribution in [0, 0.1) is 5.82 Å². The van der Waals surface area contributed by atoms with Gasteiger partial charge in [-0.05, 0) is 29.8 Å². The second-order valence-electron chi connectivity index (χ2n) is 3.86. The molecule has 2 nitrogen and oxygen atoms in total. The highest BCUT2D eigenvalue weighted by molar-refractivity contribution is 6.10. The third-order valence-electron chi connectivity index (χ3n) is 2.67. The molecule has 2 rings (SSSR count). The smallest absolute Gasteiger partial charge is 0.193 e. The monoisotopic (exact) mass is 242 g/mol. The van der Waals surface area contributed by atoms with Gasteiger partial charge in [0.15, 0.2) is 5.78 Å². The molecule has 0 saturated heterocycles. The van der Waals surface area contributed by atoms with Crippen LogP contribution in [0.5, 0.6) is 0 Å². The van der Waals surface area contributed by atoms with Crippen LogP contribution in [0.4, 0.5) is 4.39 Å². The maximum Gasteiger partial charge on any atom is 0.193 e. The van der Waals surface area contributed by atoms with Crippen LogP contribution < -0.4 is 0 Å². The zero-order chi connectivity index (χ0) is 13.0. The molecule has 0 aliphatic carbocycles. The van der Waals surface area contributed by atoms with Crippen LogP contribution >= 0.6 is 0 Å². The van der Waals surface area contributed by atoms with Crippen molar-refractivity contribution < 1.29 is 14.0 Å². The summed E-state index contributed by atoms with van der Waals surface area (Å²) >= 11 is 0. The minimum Gasteiger partial charge on any atom is -0.303 e. The van der Waals surface area contributed by atoms with E-state index >= 15 is 0 Å². The summed E-state index contributed by atoms with van der Waals surface area (Å²) in [5, 5.41) is 0. The average Bonchev–Trinajstić information content (AvgIpc) is 2.40. The summed E-state index contributed by atoms with van der Waals surface area (Å²) in [4.78, 5) is 22.8. The summed E-state index contributed by atoms with van der Waals surface area (Å²) < 4.78 is 12.8. The number of carbonyl (C=O) groups is 2. The molecule has 0 aromatic heterocycles. The fourth-order valence-corrected chi connectivity index (χ4v) is 1.77. The van der Waals surface area contributed by atoms with E-state index < -0.39 is 0 Å². The lowest BCUT2D eigenvalue weighted by Crippen LogP contribution is -2.05. The van der Waals surface area contributed by atoms with Crippen molar-refractivity contribution in [3.05, 3.63) is 71.0 Å². The SMILES string of the molecule is O=CCc1ccccc1C(=O)c1ccc(F)cc1. The molecule has 3 heteroatoms. The number of rotatable bonds is 4. The van der Waals surface area contributed by atoms with Gasteiger partial charge in [0.05, 0.1) is 0 Å². The normalized spacial score (nSPS) is 10.1. The van der Waals surface area contributed by atoms with Crippen LogP contribution in [0.15, 0.2) is 48.5 Å². The Hall–Kier alpha value is -2.29. The van der Waals surface area contributed by atoms with Gasteiger partial charge in [0, 0.05) is 17.5 Å². The lowest BCUT2D eigenvalue weighted by Gasteiger charge is -2.06. The maximum absolute atomic E-state index is 12.8. The highest BCUT2D eigenvalue weighted by atomic mass is 19.1. The molecular weight excluding hydrogens is 231 g/mol. The van der Waals surface area contributed by atoms with Crippen molar-refractivity contribution >= 4 is 12.1 Å². The topological polar surface area (TPSA) is 34.1 Å². The zero-order valence-electron chi connectivity index (χ0n) is 9.60. The minimum absolute atomic E-state index is 0.198. The predicted molar refractivity (Wildman–Crippen MR) is 66.0 cm³/mol. The van der Waals surface area contributed by atoms with Crippen LogP contribution in [0.1, 0.15) is 21.5 Å². The lowest BCUT2D eigenvalue weighted by atomic mass is 9.97. The number of hydrogen-bond acceptors (Lipinski definition) is 2. The van der Waals surface area contributed by atoms with Gasteiger partial charge in [0.2, 0.25) is 0 Å². The molecular formula is C15H11FO2. The molecule has 0 bridgehead atoms. The molecule has 0 heterocycles. The van der Waals surface area contributed by atoms with Gasteiger partial charge in [-0.3, -0.25) is 4.79 Å². The van der Waals surface area contributed by atoms with E-state index in [1.54, 1.807) is 24.3 Å². The fourth-order valence-electron chi connectivity index (χ4n) is 1.77. The molecule has 0 atom stereocenters. The van der Waals surface area contributed by atoms with Crippen LogP contribution in [0.3, 0.4) is 0 Å². The van der Waals surface area contributed by atoms with Crippen LogP contribution in [-0.4, -0.2) is 12.1 Å². The van der Waals surface area contributed by atoms with Gasteiger partial charge in [-0.2, -0.15) is 0 Å². The van der Waals surface area contributed by atoms with Gasteiger partial charge in [0.25, 0.3) is 0 Å². The summed E-state index contributed by atoms with van der Waals surface area (Å²) in [5.74, 6) is -0.583.